The molecule has 118 valence electrons. The summed E-state index contributed by atoms with van der Waals surface area (Å²) in [4.78, 5) is 13.9. The molecule has 0 aliphatic heterocycles. The number of nitrogens with one attached hydrogen (secondary N) is 1. The molecule has 21 heavy (non-hydrogen) atoms. The summed E-state index contributed by atoms with van der Waals surface area (Å²) in [5.74, 6) is -0.420. The number of carbonyl (C=O) groups excluding carboxylic acids is 1. The molecule has 3 N–H and O–H groups in total. The summed E-state index contributed by atoms with van der Waals surface area (Å²) in [7, 11) is 5.08. The highest BCUT2D eigenvalue weighted by molar-refractivity contribution is 5.97. The molecule has 0 saturated heterocycles. The second-order valence-corrected chi connectivity index (χ2v) is 4.97. The summed E-state index contributed by atoms with van der Waals surface area (Å²) in [5.41, 5.74) is 8.49. The first-order chi connectivity index (χ1) is 9.99. The van der Waals surface area contributed by atoms with Gasteiger partial charge >= 0.3 is 5.97 Å². The van der Waals surface area contributed by atoms with Crippen molar-refractivity contribution in [2.24, 2.45) is 0 Å². The number of nitrogens with two attached hydrogens (primary N) is 1. The van der Waals surface area contributed by atoms with Gasteiger partial charge in [-0.2, -0.15) is 0 Å². The zero-order chi connectivity index (χ0) is 15.8. The lowest BCUT2D eigenvalue weighted by Gasteiger charge is -2.17. The number of ether oxygens (including phenoxy) is 2. The summed E-state index contributed by atoms with van der Waals surface area (Å²) in [6.07, 6.45) is 0. The van der Waals surface area contributed by atoms with Gasteiger partial charge in [-0.25, -0.2) is 4.79 Å². The van der Waals surface area contributed by atoms with E-state index in [4.69, 9.17) is 15.2 Å². The molecule has 0 saturated carbocycles. The standard InChI is InChI=1S/C15H25N3O3/c1-11-9-12(10-13(14(11)16)15(19)21-4)17-5-6-18(2)7-8-20-3/h9-10,17H,5-8,16H2,1-4H3. The van der Waals surface area contributed by atoms with Gasteiger partial charge in [-0.1, -0.05) is 0 Å². The Bertz CT molecular complexity index is 477. The maximum absolute atomic E-state index is 11.7. The van der Waals surface area contributed by atoms with Gasteiger partial charge in [-0.15, -0.1) is 0 Å². The molecule has 6 nitrogen and oxygen atoms in total. The Morgan fingerprint density at radius 3 is 2.67 bits per heavy atom. The number of esters is 1. The van der Waals surface area contributed by atoms with Crippen LogP contribution in [0.15, 0.2) is 12.1 Å². The van der Waals surface area contributed by atoms with Crippen LogP contribution >= 0.6 is 0 Å². The first-order valence-corrected chi connectivity index (χ1v) is 6.89. The molecule has 1 aromatic carbocycles. The molecule has 1 aromatic rings. The van der Waals surface area contributed by atoms with Gasteiger partial charge in [0.15, 0.2) is 0 Å². The largest absolute Gasteiger partial charge is 0.465 e. The molecule has 0 heterocycles. The minimum absolute atomic E-state index is 0.396. The van der Waals surface area contributed by atoms with Crippen LogP contribution in [-0.4, -0.2) is 58.4 Å². The van der Waals surface area contributed by atoms with E-state index in [1.165, 1.54) is 7.11 Å². The summed E-state index contributed by atoms with van der Waals surface area (Å²) in [5, 5.41) is 3.29. The lowest BCUT2D eigenvalue weighted by Crippen LogP contribution is -2.28. The highest BCUT2D eigenvalue weighted by atomic mass is 16.5. The number of hydrogen-bond donors (Lipinski definition) is 2. The number of methoxy groups -OCH3 is 2. The van der Waals surface area contributed by atoms with E-state index >= 15 is 0 Å². The summed E-state index contributed by atoms with van der Waals surface area (Å²) in [6, 6.07) is 3.65. The third-order valence-electron chi connectivity index (χ3n) is 3.29. The van der Waals surface area contributed by atoms with Crippen molar-refractivity contribution in [3.05, 3.63) is 23.3 Å². The third-order valence-corrected chi connectivity index (χ3v) is 3.29. The van der Waals surface area contributed by atoms with Crippen molar-refractivity contribution in [3.63, 3.8) is 0 Å². The van der Waals surface area contributed by atoms with Gasteiger partial charge in [-0.3, -0.25) is 0 Å². The van der Waals surface area contributed by atoms with Gasteiger partial charge in [0.25, 0.3) is 0 Å². The zero-order valence-electron chi connectivity index (χ0n) is 13.2. The maximum atomic E-state index is 11.7. The number of carbonyl (C=O) groups is 1. The zero-order valence-corrected chi connectivity index (χ0v) is 13.2. The lowest BCUT2D eigenvalue weighted by molar-refractivity contribution is 0.0602. The van der Waals surface area contributed by atoms with E-state index in [0.29, 0.717) is 17.9 Å². The van der Waals surface area contributed by atoms with E-state index in [2.05, 4.69) is 10.2 Å². The molecular weight excluding hydrogens is 270 g/mol. The average Bonchev–Trinajstić information content (AvgIpc) is 2.47. The fraction of sp³-hybridized carbons (Fsp3) is 0.533. The first kappa shape index (κ1) is 17.3. The van der Waals surface area contributed by atoms with E-state index in [1.54, 1.807) is 13.2 Å². The summed E-state index contributed by atoms with van der Waals surface area (Å²) in [6.45, 7) is 5.11. The number of nitrogens with zero attached hydrogens (tertiary/aromatic N) is 1. The molecule has 0 aliphatic rings. The number of aryl methyl sites for hydroxylation is 1. The van der Waals surface area contributed by atoms with Gasteiger partial charge in [-0.05, 0) is 31.7 Å². The predicted molar refractivity (Wildman–Crippen MR) is 84.8 cm³/mol. The second kappa shape index (κ2) is 8.49. The van der Waals surface area contributed by atoms with Crippen molar-refractivity contribution in [1.29, 1.82) is 0 Å². The van der Waals surface area contributed by atoms with E-state index < -0.39 is 5.97 Å². The predicted octanol–water partition coefficient (Wildman–Crippen LogP) is 1.35. The molecule has 0 bridgehead atoms. The monoisotopic (exact) mass is 295 g/mol. The van der Waals surface area contributed by atoms with Gasteiger partial charge < -0.3 is 25.4 Å². The van der Waals surface area contributed by atoms with Crippen LogP contribution in [0.2, 0.25) is 0 Å². The highest BCUT2D eigenvalue weighted by Crippen LogP contribution is 2.23. The normalized spacial score (nSPS) is 10.7. The van der Waals surface area contributed by atoms with Crippen LogP contribution in [0, 0.1) is 6.92 Å². The first-order valence-electron chi connectivity index (χ1n) is 6.89. The molecule has 6 heteroatoms. The molecule has 0 aromatic heterocycles. The fourth-order valence-electron chi connectivity index (χ4n) is 1.93. The number of anilines is 2. The molecule has 0 radical (unpaired) electrons. The van der Waals surface area contributed by atoms with Crippen LogP contribution in [0.5, 0.6) is 0 Å². The molecule has 0 atom stereocenters. The molecule has 0 fully saturated rings. The van der Waals surface area contributed by atoms with Crippen LogP contribution in [0.25, 0.3) is 0 Å². The van der Waals surface area contributed by atoms with E-state index in [-0.39, 0.29) is 0 Å². The number of likely N-dealkylation sites (N-methyl/N-ethyl adjacent to an activating group) is 1. The SMILES string of the molecule is COCCN(C)CCNc1cc(C)c(N)c(C(=O)OC)c1. The Morgan fingerprint density at radius 2 is 2.05 bits per heavy atom. The van der Waals surface area contributed by atoms with Crippen LogP contribution < -0.4 is 11.1 Å². The fourth-order valence-corrected chi connectivity index (χ4v) is 1.93. The van der Waals surface area contributed by atoms with Crippen molar-refractivity contribution in [2.75, 3.05) is 58.6 Å². The number of rotatable bonds is 8. The topological polar surface area (TPSA) is 76.8 Å². The number of hydrogen-bond acceptors (Lipinski definition) is 6. The average molecular weight is 295 g/mol. The lowest BCUT2D eigenvalue weighted by atomic mass is 10.1. The Kier molecular flexibility index (Phi) is 6.98. The van der Waals surface area contributed by atoms with E-state index in [0.717, 1.165) is 30.9 Å². The molecule has 0 spiro atoms. The van der Waals surface area contributed by atoms with E-state index in [9.17, 15) is 4.79 Å². The summed E-state index contributed by atoms with van der Waals surface area (Å²) >= 11 is 0. The van der Waals surface area contributed by atoms with Gasteiger partial charge in [0, 0.05) is 38.1 Å². The number of benzene rings is 1. The van der Waals surface area contributed by atoms with Crippen LogP contribution in [-0.2, 0) is 9.47 Å². The number of nitrogen functional groups attached to an aromatic ring is 1. The smallest absolute Gasteiger partial charge is 0.340 e. The van der Waals surface area contributed by atoms with Crippen molar-refractivity contribution >= 4 is 17.3 Å². The van der Waals surface area contributed by atoms with E-state index in [1.807, 2.05) is 20.0 Å². The highest BCUT2D eigenvalue weighted by Gasteiger charge is 2.13. The van der Waals surface area contributed by atoms with Crippen LogP contribution in [0.4, 0.5) is 11.4 Å². The van der Waals surface area contributed by atoms with Gasteiger partial charge in [0.2, 0.25) is 0 Å². The van der Waals surface area contributed by atoms with Gasteiger partial charge in [0.05, 0.1) is 19.3 Å². The molecule has 0 aliphatic carbocycles. The molecular formula is C15H25N3O3. The maximum Gasteiger partial charge on any atom is 0.340 e. The van der Waals surface area contributed by atoms with Crippen LogP contribution in [0.1, 0.15) is 15.9 Å². The third kappa shape index (κ3) is 5.24. The quantitative estimate of drug-likeness (QED) is 0.557. The van der Waals surface area contributed by atoms with Gasteiger partial charge in [0.1, 0.15) is 0 Å². The second-order valence-electron chi connectivity index (χ2n) is 4.97. The molecule has 1 rings (SSSR count). The molecule has 0 amide bonds. The Morgan fingerprint density at radius 1 is 1.33 bits per heavy atom. The van der Waals surface area contributed by atoms with Crippen LogP contribution in [0.3, 0.4) is 0 Å². The Balaban J connectivity index is 2.63. The van der Waals surface area contributed by atoms with Crippen molar-refractivity contribution in [2.45, 2.75) is 6.92 Å². The van der Waals surface area contributed by atoms with Crippen molar-refractivity contribution in [3.8, 4) is 0 Å². The Hall–Kier alpha value is -1.79. The van der Waals surface area contributed by atoms with Crippen molar-refractivity contribution < 1.29 is 14.3 Å². The molecule has 0 unspecified atom stereocenters. The summed E-state index contributed by atoms with van der Waals surface area (Å²) < 4.78 is 9.78. The minimum Gasteiger partial charge on any atom is -0.465 e. The minimum atomic E-state index is -0.420. The Labute approximate surface area is 126 Å². The van der Waals surface area contributed by atoms with Crippen molar-refractivity contribution in [1.82, 2.24) is 4.90 Å².